The van der Waals surface area contributed by atoms with Gasteiger partial charge in [0.05, 0.1) is 0 Å². The molecule has 0 heterocycles. The van der Waals surface area contributed by atoms with Crippen LogP contribution in [0.5, 0.6) is 0 Å². The Balaban J connectivity index is 1.16. The maximum absolute atomic E-state index is 2.62. The second-order valence-electron chi connectivity index (χ2n) is 21.7. The van der Waals surface area contributed by atoms with Crippen LogP contribution in [0.15, 0.2) is 194 Å². The molecule has 72 heavy (non-hydrogen) atoms. The van der Waals surface area contributed by atoms with E-state index < -0.39 is 0 Å². The molecule has 352 valence electrons. The van der Waals surface area contributed by atoms with Crippen LogP contribution in [-0.2, 0) is 10.8 Å². The molecule has 0 atom stereocenters. The van der Waals surface area contributed by atoms with Crippen LogP contribution in [0.3, 0.4) is 0 Å². The highest BCUT2D eigenvalue weighted by molar-refractivity contribution is 6.18. The first-order valence-corrected chi connectivity index (χ1v) is 25.7. The van der Waals surface area contributed by atoms with Crippen molar-refractivity contribution in [2.24, 2.45) is 0 Å². The van der Waals surface area contributed by atoms with E-state index in [1.54, 1.807) is 0 Å². The predicted octanol–water partition coefficient (Wildman–Crippen LogP) is 19.6. The molecule has 2 nitrogen and oxygen atoms in total. The van der Waals surface area contributed by atoms with Crippen LogP contribution >= 0.6 is 0 Å². The lowest BCUT2D eigenvalue weighted by Crippen LogP contribution is -2.17. The van der Waals surface area contributed by atoms with Crippen LogP contribution in [0, 0.1) is 41.5 Å². The number of aryl methyl sites for hydroxylation is 6. The Bertz CT molecular complexity index is 3490. The number of hydrogen-bond donors (Lipinski definition) is 0. The number of nitrogens with zero attached hydrogens (tertiary/aromatic N) is 2. The molecule has 10 aromatic carbocycles. The summed E-state index contributed by atoms with van der Waals surface area (Å²) < 4.78 is 0. The predicted molar refractivity (Wildman–Crippen MR) is 308 cm³/mol. The Morgan fingerprint density at radius 2 is 0.583 bits per heavy atom. The minimum absolute atomic E-state index is 0.324. The minimum atomic E-state index is -0.324. The summed E-state index contributed by atoms with van der Waals surface area (Å²) in [6.07, 6.45) is 0. The van der Waals surface area contributed by atoms with Crippen LogP contribution in [0.1, 0.15) is 83.3 Å². The molecule has 0 saturated heterocycles. The van der Waals surface area contributed by atoms with E-state index in [9.17, 15) is 0 Å². The largest absolute Gasteiger partial charge is 0.310 e. The van der Waals surface area contributed by atoms with Crippen LogP contribution in [-0.4, -0.2) is 0 Å². The average molecular weight is 931 g/mol. The van der Waals surface area contributed by atoms with Gasteiger partial charge in [-0.2, -0.15) is 0 Å². The summed E-state index contributed by atoms with van der Waals surface area (Å²) in [5.41, 5.74) is 30.0. The van der Waals surface area contributed by atoms with Gasteiger partial charge in [0, 0.05) is 45.0 Å². The minimum Gasteiger partial charge on any atom is -0.310 e. The molecule has 0 unspecified atom stereocenters. The van der Waals surface area contributed by atoms with Crippen molar-refractivity contribution < 1.29 is 0 Å². The standard InChI is InChI=1S/C70H62N2/c1-43-27-31-51(32-28-43)71(49-23-13-11-14-24-49)53-35-37-55-59(39-53)69(7,8)61-41-57-58(67(65(55)61)63-45(3)19-17-20-46(63)4)42-62-66(68(57)64-47(5)21-18-22-48(64)6)56-38-36-54(40-60(56)70(62,9)10)72(50-25-15-12-16-26-50)52-33-29-44(2)30-34-52/h11-42H,1-10H3. The summed E-state index contributed by atoms with van der Waals surface area (Å²) in [5.74, 6) is 0. The third kappa shape index (κ3) is 6.98. The summed E-state index contributed by atoms with van der Waals surface area (Å²) in [7, 11) is 0. The lowest BCUT2D eigenvalue weighted by Gasteiger charge is -2.29. The molecule has 0 fully saturated rings. The number of hydrogen-bond acceptors (Lipinski definition) is 2. The van der Waals surface area contributed by atoms with Gasteiger partial charge in [0.1, 0.15) is 0 Å². The summed E-state index contributed by atoms with van der Waals surface area (Å²) >= 11 is 0. The molecular formula is C70H62N2. The Labute approximate surface area is 426 Å². The molecule has 2 aliphatic carbocycles. The van der Waals surface area contributed by atoms with Crippen LogP contribution < -0.4 is 9.80 Å². The van der Waals surface area contributed by atoms with Gasteiger partial charge in [-0.15, -0.1) is 0 Å². The maximum atomic E-state index is 2.62. The van der Waals surface area contributed by atoms with Gasteiger partial charge in [-0.25, -0.2) is 0 Å². The smallest absolute Gasteiger partial charge is 0.0465 e. The Morgan fingerprint density at radius 1 is 0.264 bits per heavy atom. The number of benzene rings is 10. The van der Waals surface area contributed by atoms with Crippen LogP contribution in [0.2, 0.25) is 0 Å². The zero-order valence-electron chi connectivity index (χ0n) is 43.4. The molecule has 0 radical (unpaired) electrons. The summed E-state index contributed by atoms with van der Waals surface area (Å²) in [4.78, 5) is 4.83. The van der Waals surface area contributed by atoms with E-state index in [1.807, 2.05) is 0 Å². The van der Waals surface area contributed by atoms with Crippen molar-refractivity contribution in [1.29, 1.82) is 0 Å². The van der Waals surface area contributed by atoms with Gasteiger partial charge in [-0.3, -0.25) is 0 Å². The van der Waals surface area contributed by atoms with Gasteiger partial charge < -0.3 is 9.80 Å². The van der Waals surface area contributed by atoms with E-state index in [1.165, 1.54) is 111 Å². The Kier molecular flexibility index (Phi) is 10.6. The van der Waals surface area contributed by atoms with Crippen molar-refractivity contribution in [2.75, 3.05) is 9.80 Å². The van der Waals surface area contributed by atoms with Crippen molar-refractivity contribution in [2.45, 2.75) is 80.1 Å². The molecule has 2 heteroatoms. The number of para-hydroxylation sites is 2. The summed E-state index contributed by atoms with van der Waals surface area (Å²) in [6.45, 7) is 23.4. The zero-order valence-corrected chi connectivity index (χ0v) is 43.4. The molecule has 0 bridgehead atoms. The maximum Gasteiger partial charge on any atom is 0.0465 e. The molecule has 0 N–H and O–H groups in total. The first-order chi connectivity index (χ1) is 34.7. The summed E-state index contributed by atoms with van der Waals surface area (Å²) in [5, 5.41) is 2.63. The Hall–Kier alpha value is -7.94. The van der Waals surface area contributed by atoms with Crippen molar-refractivity contribution in [3.05, 3.63) is 250 Å². The topological polar surface area (TPSA) is 6.48 Å². The molecule has 0 saturated carbocycles. The van der Waals surface area contributed by atoms with Crippen LogP contribution in [0.25, 0.3) is 55.3 Å². The normalized spacial score (nSPS) is 13.6. The number of anilines is 6. The lowest BCUT2D eigenvalue weighted by molar-refractivity contribution is 0.660. The third-order valence-corrected chi connectivity index (χ3v) is 16.3. The fraction of sp³-hybridized carbons (Fsp3) is 0.171. The average Bonchev–Trinajstić information content (AvgIpc) is 3.73. The van der Waals surface area contributed by atoms with Gasteiger partial charge in [-0.1, -0.05) is 148 Å². The van der Waals surface area contributed by atoms with Gasteiger partial charge in [0.15, 0.2) is 0 Å². The van der Waals surface area contributed by atoms with Gasteiger partial charge in [0.25, 0.3) is 0 Å². The molecule has 0 amide bonds. The van der Waals surface area contributed by atoms with Crippen molar-refractivity contribution in [1.82, 2.24) is 0 Å². The number of fused-ring (bicyclic) bond motifs is 7. The van der Waals surface area contributed by atoms with Crippen molar-refractivity contribution in [3.63, 3.8) is 0 Å². The highest BCUT2D eigenvalue weighted by atomic mass is 15.1. The lowest BCUT2D eigenvalue weighted by atomic mass is 9.75. The van der Waals surface area contributed by atoms with Crippen molar-refractivity contribution in [3.8, 4) is 44.5 Å². The van der Waals surface area contributed by atoms with E-state index in [-0.39, 0.29) is 10.8 Å². The van der Waals surface area contributed by atoms with E-state index in [0.29, 0.717) is 0 Å². The first kappa shape index (κ1) is 45.2. The highest BCUT2D eigenvalue weighted by Crippen LogP contribution is 2.61. The van der Waals surface area contributed by atoms with Crippen LogP contribution in [0.4, 0.5) is 34.1 Å². The molecule has 0 aliphatic heterocycles. The number of rotatable bonds is 8. The molecule has 12 rings (SSSR count). The van der Waals surface area contributed by atoms with E-state index >= 15 is 0 Å². The van der Waals surface area contributed by atoms with Gasteiger partial charge >= 0.3 is 0 Å². The molecule has 10 aromatic rings. The van der Waals surface area contributed by atoms with Crippen molar-refractivity contribution >= 4 is 44.9 Å². The fourth-order valence-electron chi connectivity index (χ4n) is 12.6. The molecular weight excluding hydrogens is 869 g/mol. The first-order valence-electron chi connectivity index (χ1n) is 25.7. The second kappa shape index (κ2) is 16.8. The van der Waals surface area contributed by atoms with E-state index in [4.69, 9.17) is 0 Å². The highest BCUT2D eigenvalue weighted by Gasteiger charge is 2.43. The third-order valence-electron chi connectivity index (χ3n) is 16.3. The SMILES string of the molecule is Cc1ccc(N(c2ccccc2)c2ccc3c(c2)C(C)(C)c2cc4c(-c5c(C)cccc5C)c5c(cc4c(-c4c(C)cccc4C)c2-3)C(C)(C)c2cc(N(c3ccccc3)c3ccc(C)cc3)ccc2-5)cc1. The fourth-order valence-corrected chi connectivity index (χ4v) is 12.6. The second-order valence-corrected chi connectivity index (χ2v) is 21.7. The van der Waals surface area contributed by atoms with E-state index in [2.05, 4.69) is 273 Å². The molecule has 0 spiro atoms. The van der Waals surface area contributed by atoms with Gasteiger partial charge in [0.2, 0.25) is 0 Å². The zero-order chi connectivity index (χ0) is 49.8. The van der Waals surface area contributed by atoms with Gasteiger partial charge in [-0.05, 0) is 226 Å². The Morgan fingerprint density at radius 3 is 0.931 bits per heavy atom. The van der Waals surface area contributed by atoms with E-state index in [0.717, 1.165) is 34.1 Å². The summed E-state index contributed by atoms with van der Waals surface area (Å²) in [6, 6.07) is 73.0. The monoisotopic (exact) mass is 930 g/mol. The quantitative estimate of drug-likeness (QED) is 0.150. The molecule has 2 aliphatic rings. The molecule has 0 aromatic heterocycles.